The van der Waals surface area contributed by atoms with Gasteiger partial charge in [-0.1, -0.05) is 6.07 Å². The van der Waals surface area contributed by atoms with Crippen LogP contribution in [0.25, 0.3) is 0 Å². The second kappa shape index (κ2) is 5.18. The van der Waals surface area contributed by atoms with Gasteiger partial charge in [-0.25, -0.2) is 4.79 Å². The van der Waals surface area contributed by atoms with Crippen molar-refractivity contribution in [3.05, 3.63) is 22.4 Å². The monoisotopic (exact) mass is 253 g/mol. The molecule has 1 aliphatic rings. The minimum absolute atomic E-state index is 0.0663. The molecule has 2 heterocycles. The van der Waals surface area contributed by atoms with E-state index in [-0.39, 0.29) is 11.9 Å². The van der Waals surface area contributed by atoms with Gasteiger partial charge in [-0.05, 0) is 11.4 Å². The molecule has 17 heavy (non-hydrogen) atoms. The largest absolute Gasteiger partial charge is 0.341 e. The van der Waals surface area contributed by atoms with Crippen LogP contribution >= 0.6 is 11.3 Å². The fraction of sp³-hybridized carbons (Fsp3) is 0.455. The minimum Gasteiger partial charge on any atom is -0.341 e. The first-order chi connectivity index (χ1) is 8.22. The maximum Gasteiger partial charge on any atom is 0.317 e. The first-order valence-electron chi connectivity index (χ1n) is 5.52. The van der Waals surface area contributed by atoms with E-state index in [9.17, 15) is 9.59 Å². The third-order valence-electron chi connectivity index (χ3n) is 2.80. The highest BCUT2D eigenvalue weighted by atomic mass is 32.1. The van der Waals surface area contributed by atoms with Gasteiger partial charge >= 0.3 is 6.03 Å². The van der Waals surface area contributed by atoms with Crippen LogP contribution in [0.5, 0.6) is 0 Å². The second-order valence-electron chi connectivity index (χ2n) is 3.81. The zero-order valence-electron chi connectivity index (χ0n) is 9.68. The van der Waals surface area contributed by atoms with Gasteiger partial charge < -0.3 is 15.1 Å². The van der Waals surface area contributed by atoms with Gasteiger partial charge in [0.25, 0.3) is 5.91 Å². The Morgan fingerprint density at radius 3 is 2.41 bits per heavy atom. The lowest BCUT2D eigenvalue weighted by molar-refractivity contribution is 0.0671. The SMILES string of the molecule is CNC(=O)N1CCN(C(=O)c2cccs2)CC1. The van der Waals surface area contributed by atoms with E-state index in [0.717, 1.165) is 4.88 Å². The molecule has 1 saturated heterocycles. The summed E-state index contributed by atoms with van der Waals surface area (Å²) in [6.07, 6.45) is 0. The summed E-state index contributed by atoms with van der Waals surface area (Å²) in [6.45, 7) is 2.39. The molecule has 1 aromatic heterocycles. The average molecular weight is 253 g/mol. The Balaban J connectivity index is 1.91. The fourth-order valence-electron chi connectivity index (χ4n) is 1.83. The molecule has 92 valence electrons. The first-order valence-corrected chi connectivity index (χ1v) is 6.40. The smallest absolute Gasteiger partial charge is 0.317 e. The van der Waals surface area contributed by atoms with Crippen LogP contribution < -0.4 is 5.32 Å². The predicted molar refractivity (Wildman–Crippen MR) is 66.3 cm³/mol. The van der Waals surface area contributed by atoms with Gasteiger partial charge in [0, 0.05) is 33.2 Å². The molecule has 0 saturated carbocycles. The molecule has 3 amide bonds. The number of rotatable bonds is 1. The van der Waals surface area contributed by atoms with Crippen LogP contribution in [0.4, 0.5) is 4.79 Å². The third-order valence-corrected chi connectivity index (χ3v) is 3.66. The average Bonchev–Trinajstić information content (AvgIpc) is 2.91. The van der Waals surface area contributed by atoms with Crippen molar-refractivity contribution < 1.29 is 9.59 Å². The standard InChI is InChI=1S/C11H15N3O2S/c1-12-11(16)14-6-4-13(5-7-14)10(15)9-3-2-8-17-9/h2-3,8H,4-7H2,1H3,(H,12,16). The Kier molecular flexibility index (Phi) is 3.63. The molecule has 1 aliphatic heterocycles. The molecule has 5 nitrogen and oxygen atoms in total. The summed E-state index contributed by atoms with van der Waals surface area (Å²) in [7, 11) is 1.62. The van der Waals surface area contributed by atoms with E-state index in [4.69, 9.17) is 0 Å². The van der Waals surface area contributed by atoms with Gasteiger partial charge in [-0.3, -0.25) is 4.79 Å². The predicted octanol–water partition coefficient (Wildman–Crippen LogP) is 0.845. The molecule has 1 aromatic rings. The highest BCUT2D eigenvalue weighted by Crippen LogP contribution is 2.13. The maximum atomic E-state index is 12.0. The van der Waals surface area contributed by atoms with Crippen LogP contribution in [-0.4, -0.2) is 55.0 Å². The summed E-state index contributed by atoms with van der Waals surface area (Å²) in [4.78, 5) is 27.7. The molecule has 0 unspecified atom stereocenters. The van der Waals surface area contributed by atoms with Crippen molar-refractivity contribution in [2.45, 2.75) is 0 Å². The first kappa shape index (κ1) is 11.9. The molecule has 0 radical (unpaired) electrons. The Morgan fingerprint density at radius 2 is 1.88 bits per heavy atom. The number of hydrogen-bond donors (Lipinski definition) is 1. The van der Waals surface area contributed by atoms with Crippen molar-refractivity contribution in [3.63, 3.8) is 0 Å². The van der Waals surface area contributed by atoms with Gasteiger partial charge in [0.15, 0.2) is 0 Å². The molecular formula is C11H15N3O2S. The number of nitrogens with one attached hydrogen (secondary N) is 1. The highest BCUT2D eigenvalue weighted by Gasteiger charge is 2.24. The molecule has 0 bridgehead atoms. The number of urea groups is 1. The van der Waals surface area contributed by atoms with E-state index in [0.29, 0.717) is 26.2 Å². The summed E-state index contributed by atoms with van der Waals surface area (Å²) >= 11 is 1.45. The van der Waals surface area contributed by atoms with Crippen LogP contribution in [0.15, 0.2) is 17.5 Å². The summed E-state index contributed by atoms with van der Waals surface area (Å²) < 4.78 is 0. The van der Waals surface area contributed by atoms with Gasteiger partial charge in [-0.2, -0.15) is 0 Å². The van der Waals surface area contributed by atoms with Gasteiger partial charge in [0.05, 0.1) is 4.88 Å². The van der Waals surface area contributed by atoms with Gasteiger partial charge in [0.2, 0.25) is 0 Å². The van der Waals surface area contributed by atoms with Crippen LogP contribution in [0, 0.1) is 0 Å². The van der Waals surface area contributed by atoms with Crippen molar-refractivity contribution in [3.8, 4) is 0 Å². The van der Waals surface area contributed by atoms with E-state index >= 15 is 0 Å². The number of carbonyl (C=O) groups is 2. The lowest BCUT2D eigenvalue weighted by atomic mass is 10.3. The molecule has 6 heteroatoms. The quantitative estimate of drug-likeness (QED) is 0.806. The molecule has 0 aromatic carbocycles. The third kappa shape index (κ3) is 2.58. The lowest BCUT2D eigenvalue weighted by Crippen LogP contribution is -2.52. The van der Waals surface area contributed by atoms with Gasteiger partial charge in [-0.15, -0.1) is 11.3 Å². The van der Waals surface area contributed by atoms with E-state index in [1.54, 1.807) is 16.8 Å². The molecule has 2 rings (SSSR count). The van der Waals surface area contributed by atoms with Crippen LogP contribution in [0.2, 0.25) is 0 Å². The van der Waals surface area contributed by atoms with Crippen LogP contribution in [0.1, 0.15) is 9.67 Å². The van der Waals surface area contributed by atoms with Crippen molar-refractivity contribution in [2.24, 2.45) is 0 Å². The highest BCUT2D eigenvalue weighted by molar-refractivity contribution is 7.12. The van der Waals surface area contributed by atoms with E-state index in [2.05, 4.69) is 5.32 Å². The Bertz CT molecular complexity index is 397. The Hall–Kier alpha value is -1.56. The van der Waals surface area contributed by atoms with E-state index in [1.807, 2.05) is 17.5 Å². The van der Waals surface area contributed by atoms with E-state index < -0.39 is 0 Å². The maximum absolute atomic E-state index is 12.0. The van der Waals surface area contributed by atoms with Gasteiger partial charge in [0.1, 0.15) is 0 Å². The Morgan fingerprint density at radius 1 is 1.24 bits per heavy atom. The topological polar surface area (TPSA) is 52.7 Å². The molecule has 0 aliphatic carbocycles. The van der Waals surface area contributed by atoms with Crippen molar-refractivity contribution in [2.75, 3.05) is 33.2 Å². The fourth-order valence-corrected chi connectivity index (χ4v) is 2.52. The molecular weight excluding hydrogens is 238 g/mol. The lowest BCUT2D eigenvalue weighted by Gasteiger charge is -2.34. The molecule has 0 atom stereocenters. The molecule has 1 fully saturated rings. The number of thiophene rings is 1. The summed E-state index contributed by atoms with van der Waals surface area (Å²) in [5.41, 5.74) is 0. The van der Waals surface area contributed by atoms with E-state index in [1.165, 1.54) is 11.3 Å². The summed E-state index contributed by atoms with van der Waals surface area (Å²) in [5.74, 6) is 0.0663. The zero-order chi connectivity index (χ0) is 12.3. The number of nitrogens with zero attached hydrogens (tertiary/aromatic N) is 2. The normalized spacial score (nSPS) is 15.8. The number of carbonyl (C=O) groups excluding carboxylic acids is 2. The van der Waals surface area contributed by atoms with Crippen LogP contribution in [-0.2, 0) is 0 Å². The summed E-state index contributed by atoms with van der Waals surface area (Å²) in [5, 5.41) is 4.49. The van der Waals surface area contributed by atoms with Crippen LogP contribution in [0.3, 0.4) is 0 Å². The molecule has 0 spiro atoms. The minimum atomic E-state index is -0.0757. The zero-order valence-corrected chi connectivity index (χ0v) is 10.5. The number of amides is 3. The summed E-state index contributed by atoms with van der Waals surface area (Å²) in [6, 6.07) is 3.63. The number of hydrogen-bond acceptors (Lipinski definition) is 3. The van der Waals surface area contributed by atoms with Crippen molar-refractivity contribution >= 4 is 23.3 Å². The number of piperazine rings is 1. The van der Waals surface area contributed by atoms with Crippen molar-refractivity contribution in [1.29, 1.82) is 0 Å². The Labute approximate surface area is 104 Å². The second-order valence-corrected chi connectivity index (χ2v) is 4.76. The van der Waals surface area contributed by atoms with Crippen molar-refractivity contribution in [1.82, 2.24) is 15.1 Å². The molecule has 1 N–H and O–H groups in total.